The number of hydrogen-bond acceptors (Lipinski definition) is 3. The van der Waals surface area contributed by atoms with E-state index in [0.717, 1.165) is 12.4 Å². The molecule has 1 aromatic heterocycles. The van der Waals surface area contributed by atoms with Gasteiger partial charge in [0, 0.05) is 18.4 Å². The molecule has 0 atom stereocenters. The summed E-state index contributed by atoms with van der Waals surface area (Å²) in [6.45, 7) is 10.3. The standard InChI is InChI=1S/C15H25N3/c1-14(2)8-12(9-15(3,4)11-14)18-10-13-16-6-5-7-17-13/h5-7,12,18H,8-11H2,1-4H3. The molecule has 2 rings (SSSR count). The van der Waals surface area contributed by atoms with E-state index in [1.54, 1.807) is 12.4 Å². The lowest BCUT2D eigenvalue weighted by Crippen LogP contribution is -2.43. The van der Waals surface area contributed by atoms with E-state index < -0.39 is 0 Å². The zero-order valence-electron chi connectivity index (χ0n) is 12.0. The Kier molecular flexibility index (Phi) is 3.71. The van der Waals surface area contributed by atoms with Crippen LogP contribution in [0.1, 0.15) is 52.8 Å². The first-order valence-electron chi connectivity index (χ1n) is 6.86. The Morgan fingerprint density at radius 1 is 1.11 bits per heavy atom. The van der Waals surface area contributed by atoms with Crippen LogP contribution in [0.3, 0.4) is 0 Å². The number of hydrogen-bond donors (Lipinski definition) is 1. The molecular formula is C15H25N3. The van der Waals surface area contributed by atoms with E-state index in [0.29, 0.717) is 16.9 Å². The van der Waals surface area contributed by atoms with Crippen LogP contribution in [0.15, 0.2) is 18.5 Å². The van der Waals surface area contributed by atoms with E-state index in [2.05, 4.69) is 43.0 Å². The second-order valence-electron chi connectivity index (χ2n) is 7.16. The predicted molar refractivity (Wildman–Crippen MR) is 74.1 cm³/mol. The molecule has 0 amide bonds. The van der Waals surface area contributed by atoms with Crippen LogP contribution in [-0.4, -0.2) is 16.0 Å². The van der Waals surface area contributed by atoms with Gasteiger partial charge in [0.05, 0.1) is 6.54 Å². The van der Waals surface area contributed by atoms with Crippen molar-refractivity contribution in [1.82, 2.24) is 15.3 Å². The first-order valence-corrected chi connectivity index (χ1v) is 6.86. The predicted octanol–water partition coefficient (Wildman–Crippen LogP) is 3.17. The van der Waals surface area contributed by atoms with Crippen molar-refractivity contribution in [3.63, 3.8) is 0 Å². The highest BCUT2D eigenvalue weighted by Crippen LogP contribution is 2.45. The fourth-order valence-corrected chi connectivity index (χ4v) is 3.65. The summed E-state index contributed by atoms with van der Waals surface area (Å²) in [5.74, 6) is 0.888. The van der Waals surface area contributed by atoms with Crippen LogP contribution >= 0.6 is 0 Å². The van der Waals surface area contributed by atoms with Gasteiger partial charge in [0.2, 0.25) is 0 Å². The lowest BCUT2D eigenvalue weighted by molar-refractivity contribution is 0.0842. The quantitative estimate of drug-likeness (QED) is 0.891. The summed E-state index contributed by atoms with van der Waals surface area (Å²) in [7, 11) is 0. The summed E-state index contributed by atoms with van der Waals surface area (Å²) in [6.07, 6.45) is 7.39. The van der Waals surface area contributed by atoms with Crippen LogP contribution in [0, 0.1) is 10.8 Å². The van der Waals surface area contributed by atoms with E-state index in [-0.39, 0.29) is 0 Å². The molecule has 3 nitrogen and oxygen atoms in total. The minimum absolute atomic E-state index is 0.428. The van der Waals surface area contributed by atoms with E-state index >= 15 is 0 Å². The zero-order valence-corrected chi connectivity index (χ0v) is 12.0. The van der Waals surface area contributed by atoms with E-state index in [4.69, 9.17) is 0 Å². The van der Waals surface area contributed by atoms with Gasteiger partial charge in [-0.25, -0.2) is 9.97 Å². The average Bonchev–Trinajstić information content (AvgIpc) is 2.24. The third-order valence-electron chi connectivity index (χ3n) is 3.72. The lowest BCUT2D eigenvalue weighted by Gasteiger charge is -2.45. The zero-order chi connectivity index (χ0) is 13.2. The van der Waals surface area contributed by atoms with Crippen molar-refractivity contribution in [1.29, 1.82) is 0 Å². The molecule has 0 radical (unpaired) electrons. The fourth-order valence-electron chi connectivity index (χ4n) is 3.65. The molecule has 1 aromatic rings. The molecule has 0 aromatic carbocycles. The van der Waals surface area contributed by atoms with Crippen molar-refractivity contribution >= 4 is 0 Å². The van der Waals surface area contributed by atoms with Gasteiger partial charge in [0.1, 0.15) is 5.82 Å². The molecule has 1 saturated carbocycles. The summed E-state index contributed by atoms with van der Waals surface area (Å²) in [5.41, 5.74) is 0.855. The van der Waals surface area contributed by atoms with Gasteiger partial charge in [-0.1, -0.05) is 27.7 Å². The Morgan fingerprint density at radius 2 is 1.67 bits per heavy atom. The second-order valence-corrected chi connectivity index (χ2v) is 7.16. The van der Waals surface area contributed by atoms with Gasteiger partial charge in [-0.15, -0.1) is 0 Å². The van der Waals surface area contributed by atoms with Crippen molar-refractivity contribution in [2.45, 2.75) is 59.5 Å². The number of nitrogens with one attached hydrogen (secondary N) is 1. The molecule has 1 fully saturated rings. The van der Waals surface area contributed by atoms with Gasteiger partial charge < -0.3 is 5.32 Å². The monoisotopic (exact) mass is 247 g/mol. The van der Waals surface area contributed by atoms with Crippen LogP contribution in [-0.2, 0) is 6.54 Å². The first-order chi connectivity index (χ1) is 8.36. The Hall–Kier alpha value is -0.960. The van der Waals surface area contributed by atoms with Crippen molar-refractivity contribution in [2.24, 2.45) is 10.8 Å². The molecule has 1 aliphatic carbocycles. The summed E-state index contributed by atoms with van der Waals surface area (Å²) in [5, 5.41) is 3.62. The highest BCUT2D eigenvalue weighted by molar-refractivity contribution is 4.94. The highest BCUT2D eigenvalue weighted by atomic mass is 15.0. The van der Waals surface area contributed by atoms with Crippen LogP contribution in [0.2, 0.25) is 0 Å². The van der Waals surface area contributed by atoms with Crippen LogP contribution in [0.5, 0.6) is 0 Å². The molecule has 0 unspecified atom stereocenters. The Labute approximate surface area is 110 Å². The molecule has 1 heterocycles. The molecule has 0 aliphatic heterocycles. The minimum atomic E-state index is 0.428. The largest absolute Gasteiger partial charge is 0.307 e. The van der Waals surface area contributed by atoms with Crippen LogP contribution in [0.4, 0.5) is 0 Å². The van der Waals surface area contributed by atoms with Gasteiger partial charge in [-0.2, -0.15) is 0 Å². The SMILES string of the molecule is CC1(C)CC(NCc2ncccn2)CC(C)(C)C1. The number of aromatic nitrogens is 2. The molecule has 3 heteroatoms. The minimum Gasteiger partial charge on any atom is -0.307 e. The maximum Gasteiger partial charge on any atom is 0.141 e. The number of nitrogens with zero attached hydrogens (tertiary/aromatic N) is 2. The molecule has 0 bridgehead atoms. The molecule has 1 N–H and O–H groups in total. The van der Waals surface area contributed by atoms with E-state index in [1.165, 1.54) is 19.3 Å². The summed E-state index contributed by atoms with van der Waals surface area (Å²) < 4.78 is 0. The Bertz CT molecular complexity index is 368. The summed E-state index contributed by atoms with van der Waals surface area (Å²) in [6, 6.07) is 2.43. The maximum atomic E-state index is 4.26. The molecule has 0 saturated heterocycles. The Morgan fingerprint density at radius 3 is 2.22 bits per heavy atom. The van der Waals surface area contributed by atoms with Crippen molar-refractivity contribution in [3.8, 4) is 0 Å². The normalized spacial score (nSPS) is 22.9. The lowest BCUT2D eigenvalue weighted by atomic mass is 9.63. The maximum absolute atomic E-state index is 4.26. The molecular weight excluding hydrogens is 222 g/mol. The van der Waals surface area contributed by atoms with Crippen molar-refractivity contribution in [2.75, 3.05) is 0 Å². The molecule has 18 heavy (non-hydrogen) atoms. The second kappa shape index (κ2) is 4.96. The van der Waals surface area contributed by atoms with Gasteiger partial charge >= 0.3 is 0 Å². The third kappa shape index (κ3) is 3.77. The molecule has 0 spiro atoms. The summed E-state index contributed by atoms with van der Waals surface area (Å²) >= 11 is 0. The van der Waals surface area contributed by atoms with Gasteiger partial charge in [-0.05, 0) is 36.2 Å². The number of rotatable bonds is 3. The smallest absolute Gasteiger partial charge is 0.141 e. The Balaban J connectivity index is 1.93. The van der Waals surface area contributed by atoms with Crippen molar-refractivity contribution in [3.05, 3.63) is 24.3 Å². The van der Waals surface area contributed by atoms with Gasteiger partial charge in [0.15, 0.2) is 0 Å². The summed E-state index contributed by atoms with van der Waals surface area (Å²) in [4.78, 5) is 8.52. The van der Waals surface area contributed by atoms with Crippen LogP contribution < -0.4 is 5.32 Å². The average molecular weight is 247 g/mol. The first kappa shape index (κ1) is 13.5. The van der Waals surface area contributed by atoms with Gasteiger partial charge in [-0.3, -0.25) is 0 Å². The fraction of sp³-hybridized carbons (Fsp3) is 0.733. The molecule has 1 aliphatic rings. The molecule has 100 valence electrons. The van der Waals surface area contributed by atoms with Gasteiger partial charge in [0.25, 0.3) is 0 Å². The van der Waals surface area contributed by atoms with E-state index in [1.807, 2.05) is 6.07 Å². The van der Waals surface area contributed by atoms with E-state index in [9.17, 15) is 0 Å². The topological polar surface area (TPSA) is 37.8 Å². The van der Waals surface area contributed by atoms with Crippen LogP contribution in [0.25, 0.3) is 0 Å². The highest BCUT2D eigenvalue weighted by Gasteiger charge is 2.38. The third-order valence-corrected chi connectivity index (χ3v) is 3.72. The van der Waals surface area contributed by atoms with Crippen molar-refractivity contribution < 1.29 is 0 Å².